The van der Waals surface area contributed by atoms with Crippen molar-refractivity contribution in [2.75, 3.05) is 12.8 Å². The van der Waals surface area contributed by atoms with Crippen molar-refractivity contribution >= 4 is 9.84 Å². The average Bonchev–Trinajstić information content (AvgIpc) is 2.23. The second-order valence-electron chi connectivity index (χ2n) is 7.14. The lowest BCUT2D eigenvalue weighted by molar-refractivity contribution is 0.114. The van der Waals surface area contributed by atoms with Crippen LogP contribution in [0.15, 0.2) is 0 Å². The molecule has 3 unspecified atom stereocenters. The lowest BCUT2D eigenvalue weighted by Crippen LogP contribution is -2.42. The highest BCUT2D eigenvalue weighted by molar-refractivity contribution is 7.91. The molecule has 0 heterocycles. The number of rotatable bonds is 5. The Bertz CT molecular complexity index is 373. The highest BCUT2D eigenvalue weighted by Crippen LogP contribution is 2.24. The highest BCUT2D eigenvalue weighted by atomic mass is 32.2. The van der Waals surface area contributed by atoms with Gasteiger partial charge in [0.25, 0.3) is 0 Å². The lowest BCUT2D eigenvalue weighted by atomic mass is 9.89. The predicted octanol–water partition coefficient (Wildman–Crippen LogP) is 1.73. The normalized spacial score (nSPS) is 27.2. The molecule has 19 heavy (non-hydrogen) atoms. The van der Waals surface area contributed by atoms with Crippen molar-refractivity contribution < 1.29 is 13.5 Å². The van der Waals surface area contributed by atoms with Crippen LogP contribution in [0.2, 0.25) is 0 Å². The Hall–Kier alpha value is -0.130. The summed E-state index contributed by atoms with van der Waals surface area (Å²) < 4.78 is 23.2. The Kier molecular flexibility index (Phi) is 5.83. The zero-order chi connectivity index (χ0) is 14.7. The van der Waals surface area contributed by atoms with Gasteiger partial charge < -0.3 is 10.4 Å². The van der Waals surface area contributed by atoms with Crippen LogP contribution >= 0.6 is 0 Å². The van der Waals surface area contributed by atoms with Gasteiger partial charge in [0, 0.05) is 18.8 Å². The summed E-state index contributed by atoms with van der Waals surface area (Å²) in [6.07, 6.45) is 5.14. The molecule has 0 spiro atoms. The van der Waals surface area contributed by atoms with E-state index in [-0.39, 0.29) is 22.8 Å². The van der Waals surface area contributed by atoms with Gasteiger partial charge in [0.05, 0.1) is 11.4 Å². The first-order valence-electron chi connectivity index (χ1n) is 7.18. The van der Waals surface area contributed by atoms with Gasteiger partial charge in [-0.15, -0.1) is 0 Å². The minimum atomic E-state index is -2.93. The van der Waals surface area contributed by atoms with E-state index < -0.39 is 9.84 Å². The molecule has 1 saturated carbocycles. The molecule has 5 heteroatoms. The van der Waals surface area contributed by atoms with Gasteiger partial charge in [0.1, 0.15) is 9.84 Å². The van der Waals surface area contributed by atoms with Crippen molar-refractivity contribution in [1.29, 1.82) is 0 Å². The van der Waals surface area contributed by atoms with Crippen molar-refractivity contribution in [2.45, 2.75) is 70.3 Å². The summed E-state index contributed by atoms with van der Waals surface area (Å²) in [7, 11) is -2.93. The van der Waals surface area contributed by atoms with Crippen molar-refractivity contribution in [3.8, 4) is 0 Å². The summed E-state index contributed by atoms with van der Waals surface area (Å²) in [6.45, 7) is 6.88. The maximum atomic E-state index is 11.6. The number of aliphatic hydroxyl groups is 1. The lowest BCUT2D eigenvalue weighted by Gasteiger charge is -2.30. The first kappa shape index (κ1) is 16.9. The predicted molar refractivity (Wildman–Crippen MR) is 79.0 cm³/mol. The second-order valence-corrected chi connectivity index (χ2v) is 9.47. The van der Waals surface area contributed by atoms with Crippen molar-refractivity contribution in [1.82, 2.24) is 5.32 Å². The van der Waals surface area contributed by atoms with Crippen molar-refractivity contribution in [3.63, 3.8) is 0 Å². The third-order valence-corrected chi connectivity index (χ3v) is 5.36. The molecule has 1 aliphatic rings. The van der Waals surface area contributed by atoms with Crippen LogP contribution in [-0.2, 0) is 9.84 Å². The molecule has 0 saturated heterocycles. The first-order chi connectivity index (χ1) is 8.58. The zero-order valence-electron chi connectivity index (χ0n) is 12.6. The fraction of sp³-hybridized carbons (Fsp3) is 1.00. The number of hydrogen-bond acceptors (Lipinski definition) is 4. The Labute approximate surface area is 117 Å². The van der Waals surface area contributed by atoms with E-state index in [2.05, 4.69) is 26.1 Å². The van der Waals surface area contributed by atoms with E-state index >= 15 is 0 Å². The molecule has 2 N–H and O–H groups in total. The minimum Gasteiger partial charge on any atom is -0.392 e. The van der Waals surface area contributed by atoms with Crippen molar-refractivity contribution in [3.05, 3.63) is 0 Å². The first-order valence-corrected chi connectivity index (χ1v) is 9.14. The average molecular weight is 291 g/mol. The second kappa shape index (κ2) is 6.55. The fourth-order valence-corrected chi connectivity index (χ4v) is 3.98. The summed E-state index contributed by atoms with van der Waals surface area (Å²) in [5.41, 5.74) is 0.114. The zero-order valence-corrected chi connectivity index (χ0v) is 13.5. The number of hydrogen-bond donors (Lipinski definition) is 2. The van der Waals surface area contributed by atoms with Crippen LogP contribution in [0.5, 0.6) is 0 Å². The molecule has 3 atom stereocenters. The largest absolute Gasteiger partial charge is 0.392 e. The fourth-order valence-electron chi connectivity index (χ4n) is 2.80. The SMILES string of the molecule is CC(C)(C)CC(O)CNC1CCCC(S(C)(=O)=O)C1. The third kappa shape index (κ3) is 6.72. The monoisotopic (exact) mass is 291 g/mol. The van der Waals surface area contributed by atoms with Gasteiger partial charge in [0.2, 0.25) is 0 Å². The molecular weight excluding hydrogens is 262 g/mol. The van der Waals surface area contributed by atoms with Gasteiger partial charge in [-0.3, -0.25) is 0 Å². The Morgan fingerprint density at radius 1 is 1.32 bits per heavy atom. The minimum absolute atomic E-state index is 0.114. The Balaban J connectivity index is 2.37. The molecule has 0 aromatic rings. The van der Waals surface area contributed by atoms with Gasteiger partial charge in [-0.1, -0.05) is 27.2 Å². The molecule has 1 fully saturated rings. The van der Waals surface area contributed by atoms with Gasteiger partial charge in [-0.2, -0.15) is 0 Å². The smallest absolute Gasteiger partial charge is 0.150 e. The van der Waals surface area contributed by atoms with Gasteiger partial charge >= 0.3 is 0 Å². The molecule has 0 aromatic carbocycles. The van der Waals surface area contributed by atoms with E-state index in [1.807, 2.05) is 0 Å². The van der Waals surface area contributed by atoms with Gasteiger partial charge in [-0.05, 0) is 31.1 Å². The van der Waals surface area contributed by atoms with Crippen LogP contribution in [0.4, 0.5) is 0 Å². The maximum Gasteiger partial charge on any atom is 0.150 e. The van der Waals surface area contributed by atoms with Crippen LogP contribution in [-0.4, -0.2) is 43.7 Å². The third-order valence-electron chi connectivity index (χ3n) is 3.72. The molecule has 1 aliphatic carbocycles. The molecular formula is C14H29NO3S. The van der Waals surface area contributed by atoms with E-state index in [4.69, 9.17) is 0 Å². The van der Waals surface area contributed by atoms with Crippen molar-refractivity contribution in [2.24, 2.45) is 5.41 Å². The molecule has 0 radical (unpaired) electrons. The van der Waals surface area contributed by atoms with E-state index in [1.165, 1.54) is 6.26 Å². The molecule has 0 aromatic heterocycles. The van der Waals surface area contributed by atoms with E-state index in [9.17, 15) is 13.5 Å². The Morgan fingerprint density at radius 2 is 1.95 bits per heavy atom. The highest BCUT2D eigenvalue weighted by Gasteiger charge is 2.29. The van der Waals surface area contributed by atoms with Gasteiger partial charge in [0.15, 0.2) is 0 Å². The number of sulfone groups is 1. The van der Waals surface area contributed by atoms with Crippen LogP contribution in [0.3, 0.4) is 0 Å². The molecule has 4 nitrogen and oxygen atoms in total. The summed E-state index contributed by atoms with van der Waals surface area (Å²) >= 11 is 0. The maximum absolute atomic E-state index is 11.6. The summed E-state index contributed by atoms with van der Waals surface area (Å²) in [5.74, 6) is 0. The van der Waals surface area contributed by atoms with E-state index in [0.717, 1.165) is 25.7 Å². The van der Waals surface area contributed by atoms with Crippen LogP contribution in [0.1, 0.15) is 52.9 Å². The number of nitrogens with one attached hydrogen (secondary N) is 1. The summed E-state index contributed by atoms with van der Waals surface area (Å²) in [5, 5.41) is 13.1. The number of aliphatic hydroxyl groups excluding tert-OH is 1. The standard InChI is InChI=1S/C14H29NO3S/c1-14(2,3)9-12(16)10-15-11-6-5-7-13(8-11)19(4,17)18/h11-13,15-16H,5-10H2,1-4H3. The molecule has 0 aliphatic heterocycles. The van der Waals surface area contributed by atoms with Crippen LogP contribution < -0.4 is 5.32 Å². The quantitative estimate of drug-likeness (QED) is 0.809. The van der Waals surface area contributed by atoms with E-state index in [1.54, 1.807) is 0 Å². The van der Waals surface area contributed by atoms with Gasteiger partial charge in [-0.25, -0.2) is 8.42 Å². The van der Waals surface area contributed by atoms with E-state index in [0.29, 0.717) is 13.0 Å². The molecule has 0 amide bonds. The van der Waals surface area contributed by atoms with Crippen LogP contribution in [0, 0.1) is 5.41 Å². The molecule has 114 valence electrons. The summed E-state index contributed by atoms with van der Waals surface area (Å²) in [4.78, 5) is 0. The molecule has 0 bridgehead atoms. The summed E-state index contributed by atoms with van der Waals surface area (Å²) in [6, 6.07) is 0.225. The van der Waals surface area contributed by atoms with Crippen LogP contribution in [0.25, 0.3) is 0 Å². The molecule has 1 rings (SSSR count). The Morgan fingerprint density at radius 3 is 2.47 bits per heavy atom. The topological polar surface area (TPSA) is 66.4 Å².